The minimum Gasteiger partial charge on any atom is -0.431 e. The van der Waals surface area contributed by atoms with Gasteiger partial charge in [-0.05, 0) is 30.7 Å². The van der Waals surface area contributed by atoms with Gasteiger partial charge < -0.3 is 4.42 Å². The van der Waals surface area contributed by atoms with Crippen LogP contribution in [0.4, 0.5) is 24.9 Å². The zero-order valence-electron chi connectivity index (χ0n) is 12.5. The lowest BCUT2D eigenvalue weighted by atomic mass is 10.2. The Kier molecular flexibility index (Phi) is 4.42. The molecule has 1 aromatic carbocycles. The molecule has 3 rings (SSSR count). The van der Waals surface area contributed by atoms with Crippen LogP contribution in [0.15, 0.2) is 34.9 Å². The number of nitrogens with zero attached hydrogens (tertiary/aromatic N) is 2. The molecule has 1 fully saturated rings. The lowest BCUT2D eigenvalue weighted by molar-refractivity contribution is -0.141. The van der Waals surface area contributed by atoms with Crippen molar-refractivity contribution < 1.29 is 27.2 Å². The van der Waals surface area contributed by atoms with Crippen molar-refractivity contribution in [2.45, 2.75) is 25.1 Å². The molecule has 1 aliphatic rings. The van der Waals surface area contributed by atoms with Crippen LogP contribution in [0.2, 0.25) is 5.02 Å². The third-order valence-corrected chi connectivity index (χ3v) is 3.90. The van der Waals surface area contributed by atoms with Crippen molar-refractivity contribution in [1.82, 2.24) is 4.98 Å². The minimum absolute atomic E-state index is 0.139. The van der Waals surface area contributed by atoms with Crippen LogP contribution in [0, 0.1) is 0 Å². The number of amides is 2. The van der Waals surface area contributed by atoms with E-state index in [1.165, 1.54) is 4.90 Å². The highest BCUT2D eigenvalue weighted by atomic mass is 35.5. The number of aromatic nitrogens is 1. The molecule has 1 aliphatic heterocycles. The molecule has 0 aliphatic carbocycles. The van der Waals surface area contributed by atoms with Crippen molar-refractivity contribution in [2.75, 3.05) is 10.2 Å². The zero-order valence-corrected chi connectivity index (χ0v) is 13.3. The summed E-state index contributed by atoms with van der Waals surface area (Å²) in [5.41, 5.74) is -0.782. The lowest BCUT2D eigenvalue weighted by Crippen LogP contribution is -2.41. The molecule has 0 radical (unpaired) electrons. The predicted octanol–water partition coefficient (Wildman–Crippen LogP) is 3.48. The molecule has 1 saturated heterocycles. The van der Waals surface area contributed by atoms with Crippen molar-refractivity contribution in [3.05, 3.63) is 41.2 Å². The van der Waals surface area contributed by atoms with Gasteiger partial charge in [-0.15, -0.1) is 0 Å². The highest BCUT2D eigenvalue weighted by molar-refractivity contribution is 6.30. The molecule has 2 aromatic rings. The van der Waals surface area contributed by atoms with E-state index in [9.17, 15) is 22.8 Å². The average Bonchev–Trinajstić information content (AvgIpc) is 3.15. The number of carbonyl (C=O) groups excluding carboxylic acids is 2. The van der Waals surface area contributed by atoms with Crippen molar-refractivity contribution in [1.29, 1.82) is 0 Å². The summed E-state index contributed by atoms with van der Waals surface area (Å²) in [6.07, 6.45) is -3.91. The number of oxazole rings is 1. The second kappa shape index (κ2) is 6.40. The van der Waals surface area contributed by atoms with Gasteiger partial charge in [0.1, 0.15) is 12.3 Å². The molecular weight excluding hydrogens is 363 g/mol. The van der Waals surface area contributed by atoms with E-state index in [-0.39, 0.29) is 18.7 Å². The molecule has 132 valence electrons. The molecular formula is C15H11ClF3N3O3. The van der Waals surface area contributed by atoms with Crippen molar-refractivity contribution in [2.24, 2.45) is 0 Å². The molecule has 0 spiro atoms. The molecule has 2 amide bonds. The summed E-state index contributed by atoms with van der Waals surface area (Å²) < 4.78 is 42.1. The third-order valence-electron chi connectivity index (χ3n) is 3.64. The summed E-state index contributed by atoms with van der Waals surface area (Å²) in [6, 6.07) is 4.85. The number of carbonyl (C=O) groups is 2. The average molecular weight is 374 g/mol. The van der Waals surface area contributed by atoms with Crippen LogP contribution in [-0.4, -0.2) is 22.8 Å². The first-order valence-corrected chi connectivity index (χ1v) is 7.55. The number of benzene rings is 1. The fourth-order valence-corrected chi connectivity index (χ4v) is 2.63. The molecule has 1 aromatic heterocycles. The number of nitrogens with one attached hydrogen (secondary N) is 1. The van der Waals surface area contributed by atoms with Gasteiger partial charge in [0.15, 0.2) is 5.69 Å². The summed E-state index contributed by atoms with van der Waals surface area (Å²) in [4.78, 5) is 28.9. The number of halogens is 4. The number of rotatable bonds is 3. The van der Waals surface area contributed by atoms with E-state index >= 15 is 0 Å². The molecule has 0 saturated carbocycles. The summed E-state index contributed by atoms with van der Waals surface area (Å²) in [6.45, 7) is 0. The normalized spacial score (nSPS) is 17.8. The Morgan fingerprint density at radius 1 is 1.32 bits per heavy atom. The van der Waals surface area contributed by atoms with E-state index in [1.54, 1.807) is 24.3 Å². The van der Waals surface area contributed by atoms with Gasteiger partial charge in [-0.1, -0.05) is 11.6 Å². The standard InChI is InChI=1S/C15H11ClF3N3O3/c16-8-1-3-9(4-2-8)22-10(5-6-12(22)23)13(24)21-14-20-11(7-25-14)15(17,18)19/h1-4,7,10H,5-6H2,(H,20,21,24)/t10-/m0/s1. The van der Waals surface area contributed by atoms with Crippen molar-refractivity contribution in [3.63, 3.8) is 0 Å². The minimum atomic E-state index is -4.68. The summed E-state index contributed by atoms with van der Waals surface area (Å²) in [5.74, 6) is -0.956. The monoisotopic (exact) mass is 373 g/mol. The highest BCUT2D eigenvalue weighted by Crippen LogP contribution is 2.31. The maximum Gasteiger partial charge on any atom is 0.436 e. The first-order valence-electron chi connectivity index (χ1n) is 7.17. The van der Waals surface area contributed by atoms with Crippen LogP contribution in [0.1, 0.15) is 18.5 Å². The van der Waals surface area contributed by atoms with E-state index in [0.29, 0.717) is 17.0 Å². The van der Waals surface area contributed by atoms with Crippen LogP contribution in [0.25, 0.3) is 0 Å². The molecule has 25 heavy (non-hydrogen) atoms. The second-order valence-electron chi connectivity index (χ2n) is 5.32. The van der Waals surface area contributed by atoms with Crippen LogP contribution in [-0.2, 0) is 15.8 Å². The summed E-state index contributed by atoms with van der Waals surface area (Å²) in [5, 5.41) is 2.64. The number of alkyl halides is 3. The van der Waals surface area contributed by atoms with E-state index in [2.05, 4.69) is 14.7 Å². The van der Waals surface area contributed by atoms with Crippen LogP contribution in [0.3, 0.4) is 0 Å². The van der Waals surface area contributed by atoms with Gasteiger partial charge in [0.2, 0.25) is 5.91 Å². The van der Waals surface area contributed by atoms with Crippen LogP contribution < -0.4 is 10.2 Å². The SMILES string of the molecule is O=C(Nc1nc(C(F)(F)F)co1)[C@@H]1CCC(=O)N1c1ccc(Cl)cc1. The fraction of sp³-hybridized carbons (Fsp3) is 0.267. The fourth-order valence-electron chi connectivity index (χ4n) is 2.51. The zero-order chi connectivity index (χ0) is 18.2. The number of hydrogen-bond acceptors (Lipinski definition) is 4. The molecule has 1 atom stereocenters. The smallest absolute Gasteiger partial charge is 0.431 e. The van der Waals surface area contributed by atoms with E-state index < -0.39 is 29.8 Å². The molecule has 2 heterocycles. The Morgan fingerprint density at radius 2 is 2.00 bits per heavy atom. The maximum absolute atomic E-state index is 12.5. The molecule has 0 bridgehead atoms. The van der Waals surface area contributed by atoms with Crippen LogP contribution >= 0.6 is 11.6 Å². The maximum atomic E-state index is 12.5. The van der Waals surface area contributed by atoms with E-state index in [4.69, 9.17) is 11.6 Å². The third kappa shape index (κ3) is 3.60. The Balaban J connectivity index is 1.77. The van der Waals surface area contributed by atoms with Gasteiger partial charge >= 0.3 is 12.2 Å². The van der Waals surface area contributed by atoms with Gasteiger partial charge in [0, 0.05) is 17.1 Å². The quantitative estimate of drug-likeness (QED) is 0.893. The van der Waals surface area contributed by atoms with E-state index in [1.807, 2.05) is 0 Å². The predicted molar refractivity (Wildman–Crippen MR) is 82.1 cm³/mol. The van der Waals surface area contributed by atoms with E-state index in [0.717, 1.165) is 0 Å². The van der Waals surface area contributed by atoms with Crippen LogP contribution in [0.5, 0.6) is 0 Å². The molecule has 10 heteroatoms. The second-order valence-corrected chi connectivity index (χ2v) is 5.76. The van der Waals surface area contributed by atoms with Crippen molar-refractivity contribution in [3.8, 4) is 0 Å². The van der Waals surface area contributed by atoms with Gasteiger partial charge in [0.05, 0.1) is 0 Å². The largest absolute Gasteiger partial charge is 0.436 e. The summed E-state index contributed by atoms with van der Waals surface area (Å²) in [7, 11) is 0. The first kappa shape index (κ1) is 17.3. The Bertz CT molecular complexity index is 804. The number of anilines is 2. The van der Waals surface area contributed by atoms with Gasteiger partial charge in [-0.25, -0.2) is 0 Å². The lowest BCUT2D eigenvalue weighted by Gasteiger charge is -2.23. The molecule has 1 N–H and O–H groups in total. The van der Waals surface area contributed by atoms with Gasteiger partial charge in [-0.2, -0.15) is 18.2 Å². The Hall–Kier alpha value is -2.55. The number of hydrogen-bond donors (Lipinski definition) is 1. The topological polar surface area (TPSA) is 75.4 Å². The van der Waals surface area contributed by atoms with Crippen molar-refractivity contribution >= 4 is 35.1 Å². The molecule has 0 unspecified atom stereocenters. The first-order chi connectivity index (χ1) is 11.8. The summed E-state index contributed by atoms with van der Waals surface area (Å²) >= 11 is 5.80. The van der Waals surface area contributed by atoms with Gasteiger partial charge in [-0.3, -0.25) is 19.8 Å². The highest BCUT2D eigenvalue weighted by Gasteiger charge is 2.39. The molecule has 6 nitrogen and oxygen atoms in total. The Morgan fingerprint density at radius 3 is 2.60 bits per heavy atom. The Labute approximate surface area is 144 Å². The van der Waals surface area contributed by atoms with Gasteiger partial charge in [0.25, 0.3) is 5.91 Å².